The number of nitrogens with one attached hydrogen (secondary N) is 2. The standard InChI is InChI=1S/C20H20ClFN6O3/c1-27-8-13-12(18(27)19(29)24-11-3-5-15(22)14(21)7-11)4-6-16(13)25-20(30)31-9-17-23-10-28(2)26-17/h3,5,7-8,10,16H,4,6,9H2,1-2H3,(H,24,29)(H,25,30)/t16-/m0/s1. The number of aromatic nitrogens is 4. The number of carbonyl (C=O) groups is 2. The quantitative estimate of drug-likeness (QED) is 0.626. The fourth-order valence-electron chi connectivity index (χ4n) is 3.68. The van der Waals surface area contributed by atoms with E-state index in [0.29, 0.717) is 30.0 Å². The number of alkyl carbamates (subject to hydrolysis) is 1. The number of hydrogen-bond acceptors (Lipinski definition) is 5. The molecule has 31 heavy (non-hydrogen) atoms. The molecule has 4 rings (SSSR count). The molecule has 0 saturated heterocycles. The Morgan fingerprint density at radius 3 is 2.87 bits per heavy atom. The molecular weight excluding hydrogens is 427 g/mol. The maximum absolute atomic E-state index is 13.4. The van der Waals surface area contributed by atoms with Crippen LogP contribution in [-0.4, -0.2) is 31.3 Å². The number of anilines is 1. The van der Waals surface area contributed by atoms with Crippen LogP contribution in [0.3, 0.4) is 0 Å². The Labute approximate surface area is 182 Å². The van der Waals surface area contributed by atoms with Crippen LogP contribution in [0.15, 0.2) is 30.7 Å². The molecule has 2 amide bonds. The summed E-state index contributed by atoms with van der Waals surface area (Å²) in [5, 5.41) is 9.55. The van der Waals surface area contributed by atoms with Gasteiger partial charge >= 0.3 is 6.09 Å². The molecule has 9 nitrogen and oxygen atoms in total. The number of rotatable bonds is 5. The van der Waals surface area contributed by atoms with Gasteiger partial charge in [-0.25, -0.2) is 14.2 Å². The SMILES string of the molecule is Cn1cnc(COC(=O)N[C@H]2CCc3c2cn(C)c3C(=O)Nc2ccc(F)c(Cl)c2)n1. The van der Waals surface area contributed by atoms with E-state index in [0.717, 1.165) is 11.1 Å². The molecule has 2 aromatic heterocycles. The number of carbonyl (C=O) groups excluding carboxylic acids is 2. The van der Waals surface area contributed by atoms with E-state index in [1.807, 2.05) is 6.20 Å². The number of nitrogens with zero attached hydrogens (tertiary/aromatic N) is 4. The minimum absolute atomic E-state index is 0.0328. The number of hydrogen-bond donors (Lipinski definition) is 2. The predicted molar refractivity (Wildman–Crippen MR) is 110 cm³/mol. The van der Waals surface area contributed by atoms with Crippen LogP contribution in [-0.2, 0) is 31.9 Å². The van der Waals surface area contributed by atoms with Crippen molar-refractivity contribution in [2.24, 2.45) is 14.1 Å². The third kappa shape index (κ3) is 4.38. The molecule has 162 valence electrons. The van der Waals surface area contributed by atoms with Crippen molar-refractivity contribution in [2.75, 3.05) is 5.32 Å². The summed E-state index contributed by atoms with van der Waals surface area (Å²) in [5.74, 6) is -0.487. The second kappa shape index (κ2) is 8.38. The topological polar surface area (TPSA) is 103 Å². The molecule has 0 aliphatic heterocycles. The number of ether oxygens (including phenoxy) is 1. The van der Waals surface area contributed by atoms with Crippen molar-refractivity contribution in [1.29, 1.82) is 0 Å². The van der Waals surface area contributed by atoms with Gasteiger partial charge in [0.25, 0.3) is 5.91 Å². The van der Waals surface area contributed by atoms with E-state index in [1.54, 1.807) is 18.7 Å². The molecule has 0 fully saturated rings. The lowest BCUT2D eigenvalue weighted by Gasteiger charge is -2.12. The van der Waals surface area contributed by atoms with E-state index in [9.17, 15) is 14.0 Å². The average Bonchev–Trinajstić information content (AvgIpc) is 3.39. The second-order valence-corrected chi connectivity index (χ2v) is 7.66. The van der Waals surface area contributed by atoms with E-state index in [1.165, 1.54) is 29.2 Å². The number of amides is 2. The third-order valence-corrected chi connectivity index (χ3v) is 5.33. The zero-order valence-electron chi connectivity index (χ0n) is 16.9. The normalized spacial score (nSPS) is 14.9. The van der Waals surface area contributed by atoms with Crippen molar-refractivity contribution < 1.29 is 18.7 Å². The van der Waals surface area contributed by atoms with Crippen molar-refractivity contribution >= 4 is 29.3 Å². The first-order valence-corrected chi connectivity index (χ1v) is 9.92. The summed E-state index contributed by atoms with van der Waals surface area (Å²) in [6, 6.07) is 3.72. The number of benzene rings is 1. The summed E-state index contributed by atoms with van der Waals surface area (Å²) < 4.78 is 21.8. The van der Waals surface area contributed by atoms with Gasteiger partial charge in [0.15, 0.2) is 12.4 Å². The van der Waals surface area contributed by atoms with Crippen LogP contribution in [0.1, 0.15) is 39.9 Å². The van der Waals surface area contributed by atoms with Crippen LogP contribution in [0.2, 0.25) is 5.02 Å². The molecule has 1 atom stereocenters. The Balaban J connectivity index is 1.43. The highest BCUT2D eigenvalue weighted by molar-refractivity contribution is 6.31. The zero-order chi connectivity index (χ0) is 22.1. The first-order chi connectivity index (χ1) is 14.8. The Kier molecular flexibility index (Phi) is 5.64. The molecule has 2 heterocycles. The zero-order valence-corrected chi connectivity index (χ0v) is 17.6. The lowest BCUT2D eigenvalue weighted by molar-refractivity contribution is 0.101. The Hall–Kier alpha value is -3.40. The lowest BCUT2D eigenvalue weighted by atomic mass is 10.1. The van der Waals surface area contributed by atoms with E-state index >= 15 is 0 Å². The van der Waals surface area contributed by atoms with Gasteiger partial charge in [0.1, 0.15) is 17.8 Å². The third-order valence-electron chi connectivity index (χ3n) is 5.04. The molecule has 1 aliphatic rings. The van der Waals surface area contributed by atoms with Crippen LogP contribution in [0.5, 0.6) is 0 Å². The highest BCUT2D eigenvalue weighted by atomic mass is 35.5. The number of aryl methyl sites for hydroxylation is 2. The molecule has 11 heteroatoms. The van der Waals surface area contributed by atoms with Gasteiger partial charge in [-0.1, -0.05) is 11.6 Å². The number of fused-ring (bicyclic) bond motifs is 1. The molecule has 0 spiro atoms. The Morgan fingerprint density at radius 1 is 1.35 bits per heavy atom. The van der Waals surface area contributed by atoms with Gasteiger partial charge in [0.05, 0.1) is 11.1 Å². The average molecular weight is 447 g/mol. The van der Waals surface area contributed by atoms with Crippen molar-refractivity contribution in [3.8, 4) is 0 Å². The fraction of sp³-hybridized carbons (Fsp3) is 0.300. The highest BCUT2D eigenvalue weighted by Crippen LogP contribution is 2.35. The summed E-state index contributed by atoms with van der Waals surface area (Å²) in [6.45, 7) is -0.0328. The van der Waals surface area contributed by atoms with Gasteiger partial charge < -0.3 is 19.9 Å². The van der Waals surface area contributed by atoms with Crippen LogP contribution in [0.25, 0.3) is 0 Å². The minimum atomic E-state index is -0.582. The first kappa shape index (κ1) is 20.9. The maximum Gasteiger partial charge on any atom is 0.408 e. The van der Waals surface area contributed by atoms with Gasteiger partial charge in [0, 0.05) is 26.0 Å². The minimum Gasteiger partial charge on any atom is -0.441 e. The van der Waals surface area contributed by atoms with Crippen LogP contribution in [0, 0.1) is 5.82 Å². The van der Waals surface area contributed by atoms with Crippen molar-refractivity contribution in [3.05, 3.63) is 64.2 Å². The molecule has 2 N–H and O–H groups in total. The van der Waals surface area contributed by atoms with E-state index in [4.69, 9.17) is 16.3 Å². The van der Waals surface area contributed by atoms with Gasteiger partial charge in [-0.15, -0.1) is 0 Å². The lowest BCUT2D eigenvalue weighted by Crippen LogP contribution is -2.27. The van der Waals surface area contributed by atoms with E-state index in [-0.39, 0.29) is 23.6 Å². The van der Waals surface area contributed by atoms with Gasteiger partial charge in [-0.3, -0.25) is 9.48 Å². The van der Waals surface area contributed by atoms with Crippen molar-refractivity contribution in [1.82, 2.24) is 24.6 Å². The molecule has 3 aromatic rings. The Morgan fingerprint density at radius 2 is 2.16 bits per heavy atom. The molecule has 0 unspecified atom stereocenters. The van der Waals surface area contributed by atoms with E-state index in [2.05, 4.69) is 20.7 Å². The number of halogens is 2. The molecular formula is C20H20ClFN6O3. The monoisotopic (exact) mass is 446 g/mol. The van der Waals surface area contributed by atoms with Gasteiger partial charge in [0.2, 0.25) is 0 Å². The summed E-state index contributed by atoms with van der Waals surface area (Å²) in [5.41, 5.74) is 2.58. The molecule has 0 bridgehead atoms. The van der Waals surface area contributed by atoms with Crippen molar-refractivity contribution in [2.45, 2.75) is 25.5 Å². The summed E-state index contributed by atoms with van der Waals surface area (Å²) >= 11 is 5.79. The molecule has 1 aliphatic carbocycles. The fourth-order valence-corrected chi connectivity index (χ4v) is 3.86. The van der Waals surface area contributed by atoms with Gasteiger partial charge in [-0.05, 0) is 42.2 Å². The van der Waals surface area contributed by atoms with Crippen LogP contribution in [0.4, 0.5) is 14.9 Å². The largest absolute Gasteiger partial charge is 0.441 e. The predicted octanol–water partition coefficient (Wildman–Crippen LogP) is 3.11. The first-order valence-electron chi connectivity index (χ1n) is 9.54. The summed E-state index contributed by atoms with van der Waals surface area (Å²) in [7, 11) is 3.48. The smallest absolute Gasteiger partial charge is 0.408 e. The molecule has 0 radical (unpaired) electrons. The second-order valence-electron chi connectivity index (χ2n) is 7.25. The molecule has 0 saturated carbocycles. The summed E-state index contributed by atoms with van der Waals surface area (Å²) in [6.07, 6.45) is 4.03. The molecule has 1 aromatic carbocycles. The summed E-state index contributed by atoms with van der Waals surface area (Å²) in [4.78, 5) is 29.0. The van der Waals surface area contributed by atoms with Crippen LogP contribution < -0.4 is 10.6 Å². The highest BCUT2D eigenvalue weighted by Gasteiger charge is 2.31. The van der Waals surface area contributed by atoms with E-state index < -0.39 is 11.9 Å². The Bertz CT molecular complexity index is 1160. The maximum atomic E-state index is 13.4. The van der Waals surface area contributed by atoms with Gasteiger partial charge in [-0.2, -0.15) is 5.10 Å². The van der Waals surface area contributed by atoms with Crippen molar-refractivity contribution in [3.63, 3.8) is 0 Å². The van der Waals surface area contributed by atoms with Crippen LogP contribution >= 0.6 is 11.6 Å².